The minimum absolute atomic E-state index is 0.0703. The molecule has 0 fully saturated rings. The number of rotatable bonds is 1. The second-order valence-corrected chi connectivity index (χ2v) is 6.89. The minimum Gasteiger partial charge on any atom is -0.507 e. The summed E-state index contributed by atoms with van der Waals surface area (Å²) in [5.41, 5.74) is -1.06. The Morgan fingerprint density at radius 1 is 0.926 bits per heavy atom. The predicted octanol–water partition coefficient (Wildman–Crippen LogP) is 1.34. The Hall–Kier alpha value is -3.03. The Morgan fingerprint density at radius 3 is 1.89 bits per heavy atom. The zero-order chi connectivity index (χ0) is 19.6. The van der Waals surface area contributed by atoms with Crippen molar-refractivity contribution in [2.45, 2.75) is 31.5 Å². The molecule has 4 rings (SSSR count). The van der Waals surface area contributed by atoms with Gasteiger partial charge in [0.25, 0.3) is 0 Å². The van der Waals surface area contributed by atoms with Crippen LogP contribution < -0.4 is 0 Å². The molecule has 0 radical (unpaired) electrons. The van der Waals surface area contributed by atoms with Crippen molar-refractivity contribution in [2.75, 3.05) is 0 Å². The number of phenols is 2. The number of Topliss-reactive ketones (excluding diaryl/α,β-unsaturated/α-hetero) is 1. The van der Waals surface area contributed by atoms with E-state index in [1.165, 1.54) is 19.1 Å². The molecule has 2 aliphatic carbocycles. The average molecular weight is 368 g/mol. The van der Waals surface area contributed by atoms with Crippen LogP contribution in [0.5, 0.6) is 11.5 Å². The van der Waals surface area contributed by atoms with Crippen LogP contribution in [-0.4, -0.2) is 43.9 Å². The monoisotopic (exact) mass is 368 g/mol. The molecular weight excluding hydrogens is 352 g/mol. The van der Waals surface area contributed by atoms with Crippen LogP contribution in [0.25, 0.3) is 0 Å². The summed E-state index contributed by atoms with van der Waals surface area (Å²) in [4.78, 5) is 37.9. The molecule has 0 aliphatic heterocycles. The van der Waals surface area contributed by atoms with Crippen LogP contribution in [0, 0.1) is 0 Å². The molecule has 7 nitrogen and oxygen atoms in total. The smallest absolute Gasteiger partial charge is 0.198 e. The number of aromatic hydroxyl groups is 2. The summed E-state index contributed by atoms with van der Waals surface area (Å²) in [5.74, 6) is -4.36. The molecule has 4 N–H and O–H groups in total. The van der Waals surface area contributed by atoms with E-state index >= 15 is 0 Å². The fourth-order valence-electron chi connectivity index (χ4n) is 4.15. The van der Waals surface area contributed by atoms with E-state index in [4.69, 9.17) is 0 Å². The predicted molar refractivity (Wildman–Crippen MR) is 92.1 cm³/mol. The fourth-order valence-corrected chi connectivity index (χ4v) is 4.15. The summed E-state index contributed by atoms with van der Waals surface area (Å²) in [6.07, 6.45) is -2.95. The lowest BCUT2D eigenvalue weighted by molar-refractivity contribution is -0.122. The number of aliphatic hydroxyl groups excluding tert-OH is 2. The van der Waals surface area contributed by atoms with Crippen LogP contribution >= 0.6 is 0 Å². The molecular formula is C20H16O7. The molecule has 2 aromatic carbocycles. The number of hydrogen-bond donors (Lipinski definition) is 4. The van der Waals surface area contributed by atoms with Gasteiger partial charge in [-0.25, -0.2) is 0 Å². The molecule has 7 heteroatoms. The van der Waals surface area contributed by atoms with Crippen LogP contribution in [0.15, 0.2) is 24.3 Å². The van der Waals surface area contributed by atoms with E-state index in [0.29, 0.717) is 0 Å². The van der Waals surface area contributed by atoms with Crippen molar-refractivity contribution in [1.29, 1.82) is 0 Å². The second kappa shape index (κ2) is 5.73. The van der Waals surface area contributed by atoms with Crippen molar-refractivity contribution in [1.82, 2.24) is 0 Å². The average Bonchev–Trinajstić information content (AvgIpc) is 2.61. The highest BCUT2D eigenvalue weighted by Crippen LogP contribution is 2.51. The first-order chi connectivity index (χ1) is 12.8. The van der Waals surface area contributed by atoms with Crippen LogP contribution in [0.4, 0.5) is 0 Å². The van der Waals surface area contributed by atoms with Gasteiger partial charge in [-0.2, -0.15) is 0 Å². The van der Waals surface area contributed by atoms with Gasteiger partial charge < -0.3 is 20.4 Å². The Labute approximate surface area is 153 Å². The van der Waals surface area contributed by atoms with E-state index in [9.17, 15) is 34.8 Å². The molecule has 0 aromatic heterocycles. The van der Waals surface area contributed by atoms with Gasteiger partial charge in [-0.15, -0.1) is 0 Å². The summed E-state index contributed by atoms with van der Waals surface area (Å²) in [6.45, 7) is 1.20. The summed E-state index contributed by atoms with van der Waals surface area (Å²) >= 11 is 0. The zero-order valence-electron chi connectivity index (χ0n) is 14.3. The lowest BCUT2D eigenvalue weighted by Crippen LogP contribution is -2.34. The number of fused-ring (bicyclic) bond motifs is 3. The first kappa shape index (κ1) is 17.4. The van der Waals surface area contributed by atoms with Gasteiger partial charge in [0.2, 0.25) is 0 Å². The van der Waals surface area contributed by atoms with Crippen molar-refractivity contribution >= 4 is 17.3 Å². The van der Waals surface area contributed by atoms with Gasteiger partial charge >= 0.3 is 0 Å². The highest BCUT2D eigenvalue weighted by Gasteiger charge is 2.45. The molecule has 0 saturated heterocycles. The summed E-state index contributed by atoms with van der Waals surface area (Å²) < 4.78 is 0. The number of carbonyl (C=O) groups excluding carboxylic acids is 3. The molecule has 0 amide bonds. The maximum absolute atomic E-state index is 12.9. The van der Waals surface area contributed by atoms with E-state index < -0.39 is 58.1 Å². The molecule has 1 unspecified atom stereocenters. The standard InChI is InChI=1S/C20H16O7/c1-7(21)12-10(22)6-11(23)13-14(12)20(27)16-15(19(13)26)17(24)8-4-2-3-5-9(8)18(16)25/h2-5,10-12,22-23,26-27H,6H2,1H3/t10-,11-,12?/m0/s1. The van der Waals surface area contributed by atoms with Crippen molar-refractivity contribution < 1.29 is 34.8 Å². The van der Waals surface area contributed by atoms with Gasteiger partial charge in [-0.05, 0) is 6.92 Å². The molecule has 0 bridgehead atoms. The first-order valence-corrected chi connectivity index (χ1v) is 8.42. The summed E-state index contributed by atoms with van der Waals surface area (Å²) in [5, 5.41) is 42.1. The number of carbonyl (C=O) groups is 3. The Bertz CT molecular complexity index is 1040. The maximum atomic E-state index is 12.9. The molecule has 0 heterocycles. The molecule has 2 aliphatic rings. The highest BCUT2D eigenvalue weighted by atomic mass is 16.3. The number of phenolic OH excluding ortho intramolecular Hbond substituents is 2. The minimum atomic E-state index is -1.40. The molecule has 3 atom stereocenters. The van der Waals surface area contributed by atoms with Crippen molar-refractivity contribution in [2.24, 2.45) is 0 Å². The van der Waals surface area contributed by atoms with E-state index in [1.54, 1.807) is 12.1 Å². The van der Waals surface area contributed by atoms with Gasteiger partial charge in [0.05, 0.1) is 29.3 Å². The number of ketones is 3. The molecule has 2 aromatic rings. The summed E-state index contributed by atoms with van der Waals surface area (Å²) in [6, 6.07) is 6.01. The maximum Gasteiger partial charge on any atom is 0.198 e. The topological polar surface area (TPSA) is 132 Å². The van der Waals surface area contributed by atoms with Gasteiger partial charge in [-0.1, -0.05) is 24.3 Å². The third-order valence-electron chi connectivity index (χ3n) is 5.33. The Kier molecular flexibility index (Phi) is 3.69. The molecule has 0 saturated carbocycles. The van der Waals surface area contributed by atoms with Crippen LogP contribution in [-0.2, 0) is 4.79 Å². The van der Waals surface area contributed by atoms with E-state index in [-0.39, 0.29) is 28.7 Å². The fraction of sp³-hybridized carbons (Fsp3) is 0.250. The van der Waals surface area contributed by atoms with Crippen LogP contribution in [0.3, 0.4) is 0 Å². The van der Waals surface area contributed by atoms with Crippen LogP contribution in [0.2, 0.25) is 0 Å². The van der Waals surface area contributed by atoms with Gasteiger partial charge in [0.1, 0.15) is 17.3 Å². The lowest BCUT2D eigenvalue weighted by atomic mass is 9.72. The number of hydrogen-bond acceptors (Lipinski definition) is 7. The Morgan fingerprint density at radius 2 is 1.41 bits per heavy atom. The van der Waals surface area contributed by atoms with E-state index in [1.807, 2.05) is 0 Å². The summed E-state index contributed by atoms with van der Waals surface area (Å²) in [7, 11) is 0. The lowest BCUT2D eigenvalue weighted by Gasteiger charge is -2.35. The molecule has 138 valence electrons. The van der Waals surface area contributed by atoms with Gasteiger partial charge in [0.15, 0.2) is 11.6 Å². The van der Waals surface area contributed by atoms with Crippen molar-refractivity contribution in [3.05, 3.63) is 57.6 Å². The van der Waals surface area contributed by atoms with Crippen molar-refractivity contribution in [3.63, 3.8) is 0 Å². The van der Waals surface area contributed by atoms with Crippen LogP contribution in [0.1, 0.15) is 68.3 Å². The molecule has 27 heavy (non-hydrogen) atoms. The zero-order valence-corrected chi connectivity index (χ0v) is 14.3. The Balaban J connectivity index is 2.11. The number of benzene rings is 2. The van der Waals surface area contributed by atoms with Gasteiger partial charge in [0, 0.05) is 28.7 Å². The largest absolute Gasteiger partial charge is 0.507 e. The van der Waals surface area contributed by atoms with Gasteiger partial charge in [-0.3, -0.25) is 14.4 Å². The first-order valence-electron chi connectivity index (χ1n) is 8.42. The van der Waals surface area contributed by atoms with E-state index in [0.717, 1.165) is 0 Å². The quantitative estimate of drug-likeness (QED) is 0.477. The number of aliphatic hydroxyl groups is 2. The highest BCUT2D eigenvalue weighted by molar-refractivity contribution is 6.30. The SMILES string of the molecule is CC(=O)C1c2c(O)c3c(c(O)c2[C@@H](O)C[C@@H]1O)C(=O)c1ccccc1C3=O. The third-order valence-corrected chi connectivity index (χ3v) is 5.33. The normalized spacial score (nSPS) is 23.4. The second-order valence-electron chi connectivity index (χ2n) is 6.89. The third kappa shape index (κ3) is 2.19. The van der Waals surface area contributed by atoms with Crippen molar-refractivity contribution in [3.8, 4) is 11.5 Å². The van der Waals surface area contributed by atoms with E-state index in [2.05, 4.69) is 0 Å². The molecule has 0 spiro atoms.